The van der Waals surface area contributed by atoms with Gasteiger partial charge in [-0.05, 0) is 66.5 Å². The largest absolute Gasteiger partial charge is 0.488 e. The van der Waals surface area contributed by atoms with Crippen LogP contribution in [0.5, 0.6) is 0 Å². The third-order valence-electron chi connectivity index (χ3n) is 5.20. The predicted octanol–water partition coefficient (Wildman–Crippen LogP) is 4.33. The van der Waals surface area contributed by atoms with E-state index in [1.54, 1.807) is 49.1 Å². The van der Waals surface area contributed by atoms with Crippen molar-refractivity contribution in [3.05, 3.63) is 92.8 Å². The first kappa shape index (κ1) is 25.9. The van der Waals surface area contributed by atoms with Crippen LogP contribution >= 0.6 is 15.9 Å². The van der Waals surface area contributed by atoms with Gasteiger partial charge in [0.1, 0.15) is 24.0 Å². The number of benzene rings is 2. The summed E-state index contributed by atoms with van der Waals surface area (Å²) in [4.78, 5) is 14.0. The minimum atomic E-state index is -1.03. The van der Waals surface area contributed by atoms with Gasteiger partial charge in [0.05, 0.1) is 10.1 Å². The van der Waals surface area contributed by atoms with Crippen LogP contribution in [0.25, 0.3) is 0 Å². The maximum atomic E-state index is 13.9. The molecule has 3 rings (SSSR count). The third kappa shape index (κ3) is 6.65. The number of nitrogens with zero attached hydrogens (tertiary/aromatic N) is 1. The summed E-state index contributed by atoms with van der Waals surface area (Å²) in [5.41, 5.74) is 1.25. The number of aliphatic hydroxyl groups is 2. The van der Waals surface area contributed by atoms with E-state index in [2.05, 4.69) is 21.2 Å². The van der Waals surface area contributed by atoms with Gasteiger partial charge in [-0.25, -0.2) is 8.78 Å². The smallest absolute Gasteiger partial charge is 0.251 e. The van der Waals surface area contributed by atoms with E-state index >= 15 is 0 Å². The van der Waals surface area contributed by atoms with E-state index in [-0.39, 0.29) is 24.6 Å². The van der Waals surface area contributed by atoms with Crippen LogP contribution in [0, 0.1) is 11.6 Å². The first-order valence-electron chi connectivity index (χ1n) is 10.6. The van der Waals surface area contributed by atoms with Crippen LogP contribution < -0.4 is 5.32 Å². The number of carbonyl (C=O) groups is 1. The number of allylic oxidation sites excluding steroid dienone is 2. The lowest BCUT2D eigenvalue weighted by atomic mass is 10.1. The number of carbonyl (C=O) groups excluding carboxylic acids is 1. The Morgan fingerprint density at radius 3 is 2.50 bits per heavy atom. The summed E-state index contributed by atoms with van der Waals surface area (Å²) in [5, 5.41) is 23.2. The van der Waals surface area contributed by atoms with Crippen molar-refractivity contribution in [3.8, 4) is 0 Å². The topological polar surface area (TPSA) is 82.0 Å². The number of aliphatic hydroxyl groups excluding tert-OH is 1. The lowest BCUT2D eigenvalue weighted by Crippen LogP contribution is -2.38. The SMILES string of the molecule is CC1=CC(OCc2ccc(F)cc2F)=C(Br)C(O)N1Cc1ccc(C(=O)NCC(C)(C)O)cc1. The summed E-state index contributed by atoms with van der Waals surface area (Å²) in [5.74, 6) is -1.30. The molecule has 1 unspecified atom stereocenters. The minimum Gasteiger partial charge on any atom is -0.488 e. The molecule has 1 heterocycles. The molecule has 0 aromatic heterocycles. The molecule has 0 saturated carbocycles. The average molecular weight is 537 g/mol. The Hall–Kier alpha value is -2.75. The van der Waals surface area contributed by atoms with Gasteiger partial charge in [-0.3, -0.25) is 4.79 Å². The van der Waals surface area contributed by atoms with Gasteiger partial charge >= 0.3 is 0 Å². The van der Waals surface area contributed by atoms with Gasteiger partial charge in [0.2, 0.25) is 0 Å². The molecule has 0 aliphatic carbocycles. The van der Waals surface area contributed by atoms with Crippen LogP contribution in [0.15, 0.2) is 64.5 Å². The molecule has 2 aromatic rings. The summed E-state index contributed by atoms with van der Waals surface area (Å²) in [6.45, 7) is 5.41. The number of rotatable bonds is 8. The second-order valence-corrected chi connectivity index (χ2v) is 9.57. The molecule has 0 saturated heterocycles. The number of nitrogens with one attached hydrogen (secondary N) is 1. The molecule has 1 aliphatic rings. The first-order chi connectivity index (χ1) is 15.9. The molecule has 0 bridgehead atoms. The van der Waals surface area contributed by atoms with Crippen LogP contribution in [0.4, 0.5) is 8.78 Å². The quantitative estimate of drug-likeness (QED) is 0.467. The monoisotopic (exact) mass is 536 g/mol. The van der Waals surface area contributed by atoms with Gasteiger partial charge in [0.15, 0.2) is 6.23 Å². The zero-order valence-corrected chi connectivity index (χ0v) is 20.7. The van der Waals surface area contributed by atoms with Crippen LogP contribution in [0.3, 0.4) is 0 Å². The van der Waals surface area contributed by atoms with E-state index in [0.29, 0.717) is 22.3 Å². The molecule has 9 heteroatoms. The number of ether oxygens (including phenoxy) is 1. The van der Waals surface area contributed by atoms with Gasteiger partial charge in [0, 0.05) is 42.1 Å². The molecule has 2 aromatic carbocycles. The van der Waals surface area contributed by atoms with Gasteiger partial charge in [-0.2, -0.15) is 0 Å². The van der Waals surface area contributed by atoms with Crippen LogP contribution in [-0.2, 0) is 17.9 Å². The third-order valence-corrected chi connectivity index (χ3v) is 6.00. The van der Waals surface area contributed by atoms with E-state index in [9.17, 15) is 23.8 Å². The molecular formula is C25H27BrF2N2O4. The van der Waals surface area contributed by atoms with Crippen LogP contribution in [-0.4, -0.2) is 39.4 Å². The molecule has 1 atom stereocenters. The maximum absolute atomic E-state index is 13.9. The predicted molar refractivity (Wildman–Crippen MR) is 127 cm³/mol. The number of hydrogen-bond acceptors (Lipinski definition) is 5. The summed E-state index contributed by atoms with van der Waals surface area (Å²) < 4.78 is 33.0. The molecule has 182 valence electrons. The molecule has 0 fully saturated rings. The second-order valence-electron chi connectivity index (χ2n) is 8.72. The zero-order chi connectivity index (χ0) is 25.0. The van der Waals surface area contributed by atoms with Crippen LogP contribution in [0.2, 0.25) is 0 Å². The highest BCUT2D eigenvalue weighted by Gasteiger charge is 2.27. The molecule has 0 radical (unpaired) electrons. The van der Waals surface area contributed by atoms with Gasteiger partial charge in [-0.1, -0.05) is 12.1 Å². The fourth-order valence-corrected chi connectivity index (χ4v) is 3.75. The summed E-state index contributed by atoms with van der Waals surface area (Å²) >= 11 is 3.36. The lowest BCUT2D eigenvalue weighted by molar-refractivity contribution is 0.0498. The Morgan fingerprint density at radius 1 is 1.21 bits per heavy atom. The van der Waals surface area contributed by atoms with E-state index in [1.165, 1.54) is 6.07 Å². The van der Waals surface area contributed by atoms with Crippen molar-refractivity contribution in [2.24, 2.45) is 0 Å². The van der Waals surface area contributed by atoms with Gasteiger partial charge in [-0.15, -0.1) is 0 Å². The minimum absolute atomic E-state index is 0.121. The Balaban J connectivity index is 1.64. The van der Waals surface area contributed by atoms with Crippen molar-refractivity contribution in [2.75, 3.05) is 6.54 Å². The number of hydrogen-bond donors (Lipinski definition) is 3. The Labute approximate surface area is 205 Å². The molecule has 0 spiro atoms. The average Bonchev–Trinajstić information content (AvgIpc) is 2.77. The standard InChI is InChI=1S/C25H27BrF2N2O4/c1-15-10-21(34-13-18-8-9-19(27)11-20(18)28)22(26)24(32)30(15)12-16-4-6-17(7-5-16)23(31)29-14-25(2,3)33/h4-11,24,32-33H,12-14H2,1-3H3,(H,29,31). The van der Waals surface area contributed by atoms with Crippen molar-refractivity contribution in [1.29, 1.82) is 0 Å². The Bertz CT molecular complexity index is 1110. The molecule has 6 nitrogen and oxygen atoms in total. The summed E-state index contributed by atoms with van der Waals surface area (Å²) in [7, 11) is 0. The molecule has 1 aliphatic heterocycles. The lowest BCUT2D eigenvalue weighted by Gasteiger charge is -2.34. The Kier molecular flexibility index (Phi) is 8.12. The van der Waals surface area contributed by atoms with E-state index in [4.69, 9.17) is 4.74 Å². The summed E-state index contributed by atoms with van der Waals surface area (Å²) in [6, 6.07) is 10.2. The van der Waals surface area contributed by atoms with E-state index in [0.717, 1.165) is 23.4 Å². The number of amides is 1. The molecular weight excluding hydrogens is 510 g/mol. The highest BCUT2D eigenvalue weighted by Crippen LogP contribution is 2.32. The molecule has 34 heavy (non-hydrogen) atoms. The van der Waals surface area contributed by atoms with Crippen molar-refractivity contribution >= 4 is 21.8 Å². The number of halogens is 3. The van der Waals surface area contributed by atoms with Crippen molar-refractivity contribution in [2.45, 2.75) is 45.8 Å². The van der Waals surface area contributed by atoms with Crippen LogP contribution in [0.1, 0.15) is 42.3 Å². The normalized spacial score (nSPS) is 16.4. The Morgan fingerprint density at radius 2 is 1.88 bits per heavy atom. The van der Waals surface area contributed by atoms with Crippen molar-refractivity contribution < 1.29 is 28.5 Å². The first-order valence-corrected chi connectivity index (χ1v) is 11.4. The highest BCUT2D eigenvalue weighted by atomic mass is 79.9. The molecule has 3 N–H and O–H groups in total. The molecule has 1 amide bonds. The summed E-state index contributed by atoms with van der Waals surface area (Å²) in [6.07, 6.45) is 0.685. The van der Waals surface area contributed by atoms with Gasteiger partial charge < -0.3 is 25.2 Å². The van der Waals surface area contributed by atoms with Crippen molar-refractivity contribution in [1.82, 2.24) is 10.2 Å². The van der Waals surface area contributed by atoms with E-state index in [1.807, 2.05) is 6.92 Å². The highest BCUT2D eigenvalue weighted by molar-refractivity contribution is 9.11. The fraction of sp³-hybridized carbons (Fsp3) is 0.320. The van der Waals surface area contributed by atoms with Crippen molar-refractivity contribution in [3.63, 3.8) is 0 Å². The maximum Gasteiger partial charge on any atom is 0.251 e. The zero-order valence-electron chi connectivity index (χ0n) is 19.1. The fourth-order valence-electron chi connectivity index (χ4n) is 3.27. The second kappa shape index (κ2) is 10.7. The van der Waals surface area contributed by atoms with E-state index < -0.39 is 23.5 Å². The van der Waals surface area contributed by atoms with Gasteiger partial charge in [0.25, 0.3) is 5.91 Å².